The van der Waals surface area contributed by atoms with E-state index < -0.39 is 12.0 Å². The van der Waals surface area contributed by atoms with E-state index in [0.29, 0.717) is 6.42 Å². The maximum Gasteiger partial charge on any atom is 0.326 e. The summed E-state index contributed by atoms with van der Waals surface area (Å²) in [5.74, 6) is 0.216. The monoisotopic (exact) mass is 258 g/mol. The quantitative estimate of drug-likeness (QED) is 0.866. The Morgan fingerprint density at radius 2 is 2.05 bits per heavy atom. The summed E-state index contributed by atoms with van der Waals surface area (Å²) >= 11 is 0. The Kier molecular flexibility index (Phi) is 2.74. The van der Waals surface area contributed by atoms with Gasteiger partial charge in [-0.2, -0.15) is 0 Å². The summed E-state index contributed by atoms with van der Waals surface area (Å²) in [4.78, 5) is 15.7. The van der Waals surface area contributed by atoms with E-state index in [1.165, 1.54) is 0 Å². The number of hydrogen-bond acceptors (Lipinski definition) is 3. The van der Waals surface area contributed by atoms with Gasteiger partial charge in [-0.05, 0) is 37.1 Å². The number of aromatic hydroxyl groups is 1. The molecule has 2 heterocycles. The molecule has 2 N–H and O–H groups in total. The number of carbonyl (C=O) groups is 1. The van der Waals surface area contributed by atoms with E-state index >= 15 is 0 Å². The highest BCUT2D eigenvalue weighted by molar-refractivity contribution is 5.72. The number of phenols is 1. The van der Waals surface area contributed by atoms with Crippen molar-refractivity contribution in [3.8, 4) is 17.0 Å². The lowest BCUT2D eigenvalue weighted by Crippen LogP contribution is -2.24. The van der Waals surface area contributed by atoms with Gasteiger partial charge >= 0.3 is 5.97 Å². The van der Waals surface area contributed by atoms with Gasteiger partial charge in [0.25, 0.3) is 0 Å². The van der Waals surface area contributed by atoms with Crippen LogP contribution in [0.25, 0.3) is 11.3 Å². The molecule has 1 aliphatic heterocycles. The lowest BCUT2D eigenvalue weighted by molar-refractivity contribution is -0.141. The molecule has 1 unspecified atom stereocenters. The number of aliphatic carboxylic acids is 1. The lowest BCUT2D eigenvalue weighted by atomic mass is 10.1. The maximum atomic E-state index is 11.2. The van der Waals surface area contributed by atoms with Gasteiger partial charge in [-0.25, -0.2) is 9.78 Å². The number of aromatic nitrogens is 2. The Hall–Kier alpha value is -2.30. The van der Waals surface area contributed by atoms with Gasteiger partial charge in [0.1, 0.15) is 17.6 Å². The lowest BCUT2D eigenvalue weighted by Gasteiger charge is -2.20. The highest BCUT2D eigenvalue weighted by atomic mass is 16.4. The fourth-order valence-electron chi connectivity index (χ4n) is 2.49. The second-order valence-corrected chi connectivity index (χ2v) is 4.74. The predicted octanol–water partition coefficient (Wildman–Crippen LogP) is 2.22. The third kappa shape index (κ3) is 2.07. The van der Waals surface area contributed by atoms with Crippen molar-refractivity contribution in [2.45, 2.75) is 25.3 Å². The van der Waals surface area contributed by atoms with Crippen molar-refractivity contribution in [3.63, 3.8) is 0 Å². The minimum atomic E-state index is -0.810. The van der Waals surface area contributed by atoms with Crippen molar-refractivity contribution in [3.05, 3.63) is 36.3 Å². The van der Waals surface area contributed by atoms with Crippen LogP contribution < -0.4 is 0 Å². The van der Waals surface area contributed by atoms with E-state index in [4.69, 9.17) is 0 Å². The zero-order chi connectivity index (χ0) is 13.4. The van der Waals surface area contributed by atoms with Crippen LogP contribution in [0.5, 0.6) is 5.75 Å². The first kappa shape index (κ1) is 11.8. The Morgan fingerprint density at radius 1 is 1.32 bits per heavy atom. The molecule has 0 amide bonds. The average Bonchev–Trinajstić information content (AvgIpc) is 2.82. The van der Waals surface area contributed by atoms with Gasteiger partial charge in [-0.15, -0.1) is 0 Å². The Morgan fingerprint density at radius 3 is 2.74 bits per heavy atom. The van der Waals surface area contributed by atoms with Crippen molar-refractivity contribution in [1.82, 2.24) is 9.55 Å². The Labute approximate surface area is 110 Å². The van der Waals surface area contributed by atoms with E-state index in [1.807, 2.05) is 0 Å². The third-order valence-electron chi connectivity index (χ3n) is 3.47. The summed E-state index contributed by atoms with van der Waals surface area (Å²) < 4.78 is 1.76. The molecular formula is C14H14N2O3. The number of benzene rings is 1. The minimum Gasteiger partial charge on any atom is -0.508 e. The second kappa shape index (κ2) is 4.42. The number of carboxylic acid groups (broad SMARTS) is 1. The van der Waals surface area contributed by atoms with Crippen LogP contribution in [0.1, 0.15) is 24.7 Å². The van der Waals surface area contributed by atoms with Gasteiger partial charge < -0.3 is 14.8 Å². The Balaban J connectivity index is 2.02. The molecule has 0 aliphatic carbocycles. The molecule has 0 fully saturated rings. The highest BCUT2D eigenvalue weighted by Gasteiger charge is 2.27. The van der Waals surface area contributed by atoms with Crippen molar-refractivity contribution in [2.75, 3.05) is 0 Å². The van der Waals surface area contributed by atoms with Crippen molar-refractivity contribution < 1.29 is 15.0 Å². The molecule has 1 aromatic carbocycles. The van der Waals surface area contributed by atoms with E-state index in [2.05, 4.69) is 4.98 Å². The topological polar surface area (TPSA) is 75.3 Å². The molecule has 1 aromatic heterocycles. The van der Waals surface area contributed by atoms with Crippen LogP contribution in [0, 0.1) is 0 Å². The summed E-state index contributed by atoms with van der Waals surface area (Å²) in [5.41, 5.74) is 1.63. The molecule has 0 saturated heterocycles. The van der Waals surface area contributed by atoms with Crippen LogP contribution >= 0.6 is 0 Å². The van der Waals surface area contributed by atoms with E-state index in [1.54, 1.807) is 35.0 Å². The van der Waals surface area contributed by atoms with Crippen molar-refractivity contribution in [1.29, 1.82) is 0 Å². The molecule has 0 spiro atoms. The van der Waals surface area contributed by atoms with Gasteiger partial charge in [0.2, 0.25) is 0 Å². The van der Waals surface area contributed by atoms with Crippen LogP contribution in [0.2, 0.25) is 0 Å². The molecule has 5 heteroatoms. The van der Waals surface area contributed by atoms with Crippen LogP contribution in [-0.2, 0) is 11.2 Å². The standard InChI is InChI=1S/C14H14N2O3/c17-10-6-4-9(5-7-10)11-8-16-12(14(18)19)2-1-3-13(16)15-11/h4-8,12,17H,1-3H2,(H,18,19). The van der Waals surface area contributed by atoms with E-state index in [-0.39, 0.29) is 5.75 Å². The number of hydrogen-bond donors (Lipinski definition) is 2. The number of aryl methyl sites for hydroxylation is 1. The molecule has 2 aromatic rings. The molecule has 1 atom stereocenters. The number of rotatable bonds is 2. The fourth-order valence-corrected chi connectivity index (χ4v) is 2.49. The van der Waals surface area contributed by atoms with Crippen LogP contribution in [-0.4, -0.2) is 25.7 Å². The molecule has 19 heavy (non-hydrogen) atoms. The Bertz CT molecular complexity index is 616. The zero-order valence-corrected chi connectivity index (χ0v) is 10.3. The molecular weight excluding hydrogens is 244 g/mol. The summed E-state index contributed by atoms with van der Waals surface area (Å²) in [7, 11) is 0. The van der Waals surface area contributed by atoms with Gasteiger partial charge in [-0.1, -0.05) is 0 Å². The number of nitrogens with zero attached hydrogens (tertiary/aromatic N) is 2. The molecule has 1 aliphatic rings. The molecule has 0 saturated carbocycles. The van der Waals surface area contributed by atoms with Crippen molar-refractivity contribution >= 4 is 5.97 Å². The smallest absolute Gasteiger partial charge is 0.326 e. The minimum absolute atomic E-state index is 0.205. The van der Waals surface area contributed by atoms with Crippen molar-refractivity contribution in [2.24, 2.45) is 0 Å². The second-order valence-electron chi connectivity index (χ2n) is 4.74. The molecule has 5 nitrogen and oxygen atoms in total. The number of fused-ring (bicyclic) bond motifs is 1. The van der Waals surface area contributed by atoms with E-state index in [9.17, 15) is 15.0 Å². The van der Waals surface area contributed by atoms with Crippen LogP contribution in [0.15, 0.2) is 30.5 Å². The predicted molar refractivity (Wildman–Crippen MR) is 68.9 cm³/mol. The SMILES string of the molecule is O=C(O)C1CCCc2nc(-c3ccc(O)cc3)cn21. The number of imidazole rings is 1. The van der Waals surface area contributed by atoms with Gasteiger partial charge in [0.15, 0.2) is 0 Å². The average molecular weight is 258 g/mol. The van der Waals surface area contributed by atoms with Gasteiger partial charge in [-0.3, -0.25) is 0 Å². The van der Waals surface area contributed by atoms with Crippen LogP contribution in [0.4, 0.5) is 0 Å². The summed E-state index contributed by atoms with van der Waals surface area (Å²) in [6, 6.07) is 6.24. The molecule has 3 rings (SSSR count). The van der Waals surface area contributed by atoms with Crippen LogP contribution in [0.3, 0.4) is 0 Å². The third-order valence-corrected chi connectivity index (χ3v) is 3.47. The first-order valence-electron chi connectivity index (χ1n) is 6.25. The molecule has 98 valence electrons. The first-order chi connectivity index (χ1) is 9.15. The highest BCUT2D eigenvalue weighted by Crippen LogP contribution is 2.29. The van der Waals surface area contributed by atoms with Gasteiger partial charge in [0.05, 0.1) is 5.69 Å². The summed E-state index contributed by atoms with van der Waals surface area (Å²) in [5, 5.41) is 18.5. The zero-order valence-electron chi connectivity index (χ0n) is 10.3. The molecule has 0 bridgehead atoms. The number of carboxylic acids is 1. The largest absolute Gasteiger partial charge is 0.508 e. The summed E-state index contributed by atoms with van der Waals surface area (Å²) in [6.07, 6.45) is 4.10. The molecule has 0 radical (unpaired) electrons. The van der Waals surface area contributed by atoms with E-state index in [0.717, 1.165) is 29.9 Å². The first-order valence-corrected chi connectivity index (χ1v) is 6.25. The summed E-state index contributed by atoms with van der Waals surface area (Å²) in [6.45, 7) is 0. The maximum absolute atomic E-state index is 11.2. The fraction of sp³-hybridized carbons (Fsp3) is 0.286. The number of phenolic OH excluding ortho intramolecular Hbond substituents is 1. The normalized spacial score (nSPS) is 18.0. The van der Waals surface area contributed by atoms with Gasteiger partial charge in [0, 0.05) is 18.2 Å².